The third-order valence-electron chi connectivity index (χ3n) is 3.40. The highest BCUT2D eigenvalue weighted by Crippen LogP contribution is 2.30. The summed E-state index contributed by atoms with van der Waals surface area (Å²) >= 11 is 0. The molecule has 1 atom stereocenters. The summed E-state index contributed by atoms with van der Waals surface area (Å²) in [5.41, 5.74) is 4.28. The summed E-state index contributed by atoms with van der Waals surface area (Å²) in [7, 11) is 2.03. The minimum atomic E-state index is 0.456. The minimum Gasteiger partial charge on any atom is -0.313 e. The lowest BCUT2D eigenvalue weighted by atomic mass is 9.92. The lowest BCUT2D eigenvalue weighted by molar-refractivity contribution is 0.430. The van der Waals surface area contributed by atoms with Gasteiger partial charge in [0.25, 0.3) is 0 Å². The number of hydrogen-bond acceptors (Lipinski definition) is 1. The Hall–Kier alpha value is -1.08. The summed E-state index contributed by atoms with van der Waals surface area (Å²) < 4.78 is 0. The smallest absolute Gasteiger partial charge is 0.0306 e. The number of nitrogens with one attached hydrogen (secondary N) is 1. The monoisotopic (exact) mass is 201 g/mol. The first-order chi connectivity index (χ1) is 7.22. The summed E-state index contributed by atoms with van der Waals surface area (Å²) in [6, 6.07) is 9.23. The Balaban J connectivity index is 2.15. The molecule has 0 saturated heterocycles. The molecule has 0 bridgehead atoms. The van der Waals surface area contributed by atoms with E-state index in [0.717, 1.165) is 0 Å². The molecular weight excluding hydrogens is 182 g/mol. The number of fused-ring (bicyclic) bond motifs is 1. The van der Waals surface area contributed by atoms with Crippen molar-refractivity contribution in [2.45, 2.75) is 25.8 Å². The van der Waals surface area contributed by atoms with E-state index < -0.39 is 0 Å². The first-order valence-corrected chi connectivity index (χ1v) is 5.62. The van der Waals surface area contributed by atoms with Gasteiger partial charge in [-0.1, -0.05) is 36.4 Å². The lowest BCUT2D eigenvalue weighted by Crippen LogP contribution is -2.34. The molecule has 0 aliphatic heterocycles. The minimum absolute atomic E-state index is 0.456. The van der Waals surface area contributed by atoms with Crippen LogP contribution in [0, 0.1) is 5.92 Å². The van der Waals surface area contributed by atoms with E-state index in [0.29, 0.717) is 12.0 Å². The fourth-order valence-electron chi connectivity index (χ4n) is 2.71. The first-order valence-electron chi connectivity index (χ1n) is 5.62. The fraction of sp³-hybridized carbons (Fsp3) is 0.429. The van der Waals surface area contributed by atoms with Crippen LogP contribution in [0.2, 0.25) is 0 Å². The number of benzene rings is 1. The molecule has 15 heavy (non-hydrogen) atoms. The molecule has 1 aliphatic carbocycles. The summed E-state index contributed by atoms with van der Waals surface area (Å²) in [5, 5.41) is 3.38. The molecule has 0 amide bonds. The van der Waals surface area contributed by atoms with Crippen LogP contribution in [0.1, 0.15) is 18.1 Å². The van der Waals surface area contributed by atoms with Crippen molar-refractivity contribution in [2.24, 2.45) is 5.92 Å². The second kappa shape index (κ2) is 4.19. The Morgan fingerprint density at radius 3 is 2.27 bits per heavy atom. The zero-order valence-corrected chi connectivity index (χ0v) is 9.59. The van der Waals surface area contributed by atoms with Gasteiger partial charge in [-0.25, -0.2) is 0 Å². The molecule has 80 valence electrons. The molecule has 0 aromatic heterocycles. The Bertz CT molecular complexity index is 342. The summed E-state index contributed by atoms with van der Waals surface area (Å²) in [6.45, 7) is 6.19. The van der Waals surface area contributed by atoms with Crippen molar-refractivity contribution in [1.82, 2.24) is 5.32 Å². The summed E-state index contributed by atoms with van der Waals surface area (Å²) in [6.07, 6.45) is 2.38. The van der Waals surface area contributed by atoms with Gasteiger partial charge in [0.15, 0.2) is 0 Å². The van der Waals surface area contributed by atoms with Crippen LogP contribution in [0.3, 0.4) is 0 Å². The van der Waals surface area contributed by atoms with Crippen molar-refractivity contribution in [3.05, 3.63) is 47.5 Å². The van der Waals surface area contributed by atoms with E-state index in [1.807, 2.05) is 7.05 Å². The highest BCUT2D eigenvalue weighted by Gasteiger charge is 2.27. The number of hydrogen-bond donors (Lipinski definition) is 1. The average molecular weight is 201 g/mol. The van der Waals surface area contributed by atoms with Crippen LogP contribution in [-0.4, -0.2) is 13.1 Å². The molecule has 0 fully saturated rings. The van der Waals surface area contributed by atoms with Crippen molar-refractivity contribution < 1.29 is 0 Å². The third kappa shape index (κ3) is 1.98. The second-order valence-corrected chi connectivity index (χ2v) is 4.55. The van der Waals surface area contributed by atoms with E-state index in [1.165, 1.54) is 29.5 Å². The van der Waals surface area contributed by atoms with Gasteiger partial charge in [0.05, 0.1) is 0 Å². The van der Waals surface area contributed by atoms with Gasteiger partial charge in [0.1, 0.15) is 0 Å². The Morgan fingerprint density at radius 2 is 1.87 bits per heavy atom. The third-order valence-corrected chi connectivity index (χ3v) is 3.40. The molecule has 2 rings (SSSR count). The fourth-order valence-corrected chi connectivity index (χ4v) is 2.71. The van der Waals surface area contributed by atoms with Gasteiger partial charge < -0.3 is 5.32 Å². The predicted octanol–water partition coefficient (Wildman–Crippen LogP) is 2.57. The van der Waals surface area contributed by atoms with Gasteiger partial charge in [-0.15, -0.1) is 0 Å². The van der Waals surface area contributed by atoms with E-state index in [1.54, 1.807) is 0 Å². The van der Waals surface area contributed by atoms with Crippen LogP contribution in [0.25, 0.3) is 0 Å². The number of rotatable bonds is 3. The molecule has 0 heterocycles. The van der Waals surface area contributed by atoms with Crippen LogP contribution >= 0.6 is 0 Å². The molecule has 1 nitrogen and oxygen atoms in total. The summed E-state index contributed by atoms with van der Waals surface area (Å²) in [5.74, 6) is 0.685. The van der Waals surface area contributed by atoms with Crippen molar-refractivity contribution in [2.75, 3.05) is 7.05 Å². The van der Waals surface area contributed by atoms with E-state index in [9.17, 15) is 0 Å². The molecule has 0 saturated carbocycles. The Labute approximate surface area is 92.2 Å². The molecule has 1 aliphatic rings. The SMILES string of the molecule is C=C(C)C(NC)C1Cc2ccccc2C1. The van der Waals surface area contributed by atoms with Crippen molar-refractivity contribution in [3.8, 4) is 0 Å². The summed E-state index contributed by atoms with van der Waals surface area (Å²) in [4.78, 5) is 0. The second-order valence-electron chi connectivity index (χ2n) is 4.55. The van der Waals surface area contributed by atoms with Gasteiger partial charge in [0, 0.05) is 6.04 Å². The molecule has 1 aromatic rings. The van der Waals surface area contributed by atoms with Gasteiger partial charge in [-0.3, -0.25) is 0 Å². The van der Waals surface area contributed by atoms with Gasteiger partial charge in [-0.05, 0) is 43.9 Å². The highest BCUT2D eigenvalue weighted by atomic mass is 14.9. The predicted molar refractivity (Wildman–Crippen MR) is 65.0 cm³/mol. The maximum atomic E-state index is 4.07. The van der Waals surface area contributed by atoms with Crippen LogP contribution in [0.5, 0.6) is 0 Å². The molecule has 1 unspecified atom stereocenters. The van der Waals surface area contributed by atoms with Crippen LogP contribution < -0.4 is 5.32 Å². The van der Waals surface area contributed by atoms with E-state index in [4.69, 9.17) is 0 Å². The Morgan fingerprint density at radius 1 is 1.33 bits per heavy atom. The topological polar surface area (TPSA) is 12.0 Å². The van der Waals surface area contributed by atoms with E-state index in [2.05, 4.69) is 43.1 Å². The maximum absolute atomic E-state index is 4.07. The van der Waals surface area contributed by atoms with Gasteiger partial charge >= 0.3 is 0 Å². The van der Waals surface area contributed by atoms with Crippen molar-refractivity contribution in [3.63, 3.8) is 0 Å². The Kier molecular flexibility index (Phi) is 2.92. The quantitative estimate of drug-likeness (QED) is 0.741. The largest absolute Gasteiger partial charge is 0.313 e. The number of likely N-dealkylation sites (N-methyl/N-ethyl adjacent to an activating group) is 1. The van der Waals surface area contributed by atoms with E-state index >= 15 is 0 Å². The average Bonchev–Trinajstić information content (AvgIpc) is 2.61. The van der Waals surface area contributed by atoms with Crippen molar-refractivity contribution in [1.29, 1.82) is 0 Å². The van der Waals surface area contributed by atoms with Crippen LogP contribution in [-0.2, 0) is 12.8 Å². The van der Waals surface area contributed by atoms with E-state index in [-0.39, 0.29) is 0 Å². The zero-order chi connectivity index (χ0) is 10.8. The molecular formula is C14H19N. The highest BCUT2D eigenvalue weighted by molar-refractivity contribution is 5.33. The molecule has 1 aromatic carbocycles. The molecule has 1 heteroatoms. The molecule has 0 radical (unpaired) electrons. The first kappa shape index (κ1) is 10.4. The van der Waals surface area contributed by atoms with Crippen molar-refractivity contribution >= 4 is 0 Å². The normalized spacial score (nSPS) is 17.5. The molecule has 0 spiro atoms. The maximum Gasteiger partial charge on any atom is 0.0306 e. The van der Waals surface area contributed by atoms with Gasteiger partial charge in [0.2, 0.25) is 0 Å². The zero-order valence-electron chi connectivity index (χ0n) is 9.59. The standard InChI is InChI=1S/C14H19N/c1-10(2)14(15-3)13-8-11-6-4-5-7-12(11)9-13/h4-7,13-15H,1,8-9H2,2-3H3. The van der Waals surface area contributed by atoms with Crippen LogP contribution in [0.15, 0.2) is 36.4 Å². The van der Waals surface area contributed by atoms with Crippen LogP contribution in [0.4, 0.5) is 0 Å². The lowest BCUT2D eigenvalue weighted by Gasteiger charge is -2.23. The van der Waals surface area contributed by atoms with Gasteiger partial charge in [-0.2, -0.15) is 0 Å². The molecule has 1 N–H and O–H groups in total.